The van der Waals surface area contributed by atoms with Gasteiger partial charge in [0.05, 0.1) is 24.7 Å². The van der Waals surface area contributed by atoms with E-state index in [1.807, 2.05) is 11.0 Å². The normalized spacial score (nSPS) is 14.9. The van der Waals surface area contributed by atoms with Gasteiger partial charge in [-0.15, -0.1) is 0 Å². The Bertz CT molecular complexity index is 979. The first kappa shape index (κ1) is 21.0. The number of pyridine rings is 1. The van der Waals surface area contributed by atoms with Gasteiger partial charge < -0.3 is 15.4 Å². The van der Waals surface area contributed by atoms with Crippen LogP contribution in [0.5, 0.6) is 0 Å². The van der Waals surface area contributed by atoms with E-state index in [0.717, 1.165) is 10.4 Å². The van der Waals surface area contributed by atoms with Crippen molar-refractivity contribution < 1.29 is 9.53 Å². The number of ether oxygens (including phenoxy) is 1. The van der Waals surface area contributed by atoms with E-state index in [9.17, 15) is 14.4 Å². The van der Waals surface area contributed by atoms with Crippen molar-refractivity contribution in [1.29, 1.82) is 0 Å². The average Bonchev–Trinajstić information content (AvgIpc) is 2.69. The summed E-state index contributed by atoms with van der Waals surface area (Å²) in [6.07, 6.45) is 1.60. The van der Waals surface area contributed by atoms with Crippen LogP contribution in [0.25, 0.3) is 0 Å². The van der Waals surface area contributed by atoms with Gasteiger partial charge in [-0.25, -0.2) is 9.78 Å². The number of methoxy groups -OCH3 is 1. The van der Waals surface area contributed by atoms with E-state index < -0.39 is 17.0 Å². The molecule has 29 heavy (non-hydrogen) atoms. The fraction of sp³-hybridized carbons (Fsp3) is 0.444. The monoisotopic (exact) mass is 422 g/mol. The quantitative estimate of drug-likeness (QED) is 0.588. The lowest BCUT2D eigenvalue weighted by molar-refractivity contribution is 0.0924. The first-order valence-electron chi connectivity index (χ1n) is 9.14. The molecular formula is C18H23ClN6O4. The lowest BCUT2D eigenvalue weighted by Crippen LogP contribution is -2.49. The summed E-state index contributed by atoms with van der Waals surface area (Å²) < 4.78 is 6.08. The molecule has 0 aliphatic carbocycles. The van der Waals surface area contributed by atoms with Crippen LogP contribution in [-0.4, -0.2) is 71.7 Å². The molecule has 11 heteroatoms. The Morgan fingerprint density at radius 2 is 2.00 bits per heavy atom. The van der Waals surface area contributed by atoms with Gasteiger partial charge in [0.25, 0.3) is 5.56 Å². The number of nitrogens with one attached hydrogen (secondary N) is 1. The molecule has 1 aliphatic rings. The SMILES string of the molecule is COCCn1c(N)c(C(=O)CN2CCN(c3ccc(Cl)cn3)CC2)c(=O)[nH]c1=O. The number of nitrogens with two attached hydrogens (primary N) is 1. The standard InChI is InChI=1S/C18H23ClN6O4/c1-29-9-8-25-16(20)15(17(27)22-18(25)28)13(26)11-23-4-6-24(7-5-23)14-3-2-12(19)10-21-14/h2-3,10H,4-9,11,20H2,1H3,(H,22,27,28). The van der Waals surface area contributed by atoms with Gasteiger partial charge >= 0.3 is 5.69 Å². The van der Waals surface area contributed by atoms with Crippen LogP contribution in [0.3, 0.4) is 0 Å². The highest BCUT2D eigenvalue weighted by Gasteiger charge is 2.24. The Morgan fingerprint density at radius 1 is 1.28 bits per heavy atom. The molecule has 2 aromatic heterocycles. The van der Waals surface area contributed by atoms with Gasteiger partial charge in [0.1, 0.15) is 17.2 Å². The number of hydrogen-bond donors (Lipinski definition) is 2. The van der Waals surface area contributed by atoms with Crippen LogP contribution in [0.2, 0.25) is 5.02 Å². The van der Waals surface area contributed by atoms with Gasteiger partial charge in [-0.3, -0.25) is 24.0 Å². The number of anilines is 2. The minimum Gasteiger partial charge on any atom is -0.384 e. The highest BCUT2D eigenvalue weighted by Crippen LogP contribution is 2.16. The first-order chi connectivity index (χ1) is 13.9. The second-order valence-corrected chi connectivity index (χ2v) is 7.12. The van der Waals surface area contributed by atoms with Gasteiger partial charge in [-0.2, -0.15) is 0 Å². The lowest BCUT2D eigenvalue weighted by atomic mass is 10.1. The van der Waals surface area contributed by atoms with Crippen LogP contribution < -0.4 is 21.9 Å². The molecule has 0 unspecified atom stereocenters. The second-order valence-electron chi connectivity index (χ2n) is 6.68. The molecule has 1 fully saturated rings. The molecule has 3 heterocycles. The summed E-state index contributed by atoms with van der Waals surface area (Å²) in [4.78, 5) is 47.4. The van der Waals surface area contributed by atoms with Gasteiger partial charge in [0, 0.05) is 39.5 Å². The van der Waals surface area contributed by atoms with Crippen LogP contribution in [0.15, 0.2) is 27.9 Å². The number of H-pyrrole nitrogens is 1. The fourth-order valence-electron chi connectivity index (χ4n) is 3.23. The Labute approximate surface area is 171 Å². The lowest BCUT2D eigenvalue weighted by Gasteiger charge is -2.35. The molecule has 0 saturated carbocycles. The van der Waals surface area contributed by atoms with E-state index in [0.29, 0.717) is 31.2 Å². The number of aromatic amines is 1. The average molecular weight is 423 g/mol. The van der Waals surface area contributed by atoms with E-state index in [2.05, 4.69) is 14.9 Å². The molecule has 0 spiro atoms. The van der Waals surface area contributed by atoms with Crippen LogP contribution in [0.4, 0.5) is 11.6 Å². The molecule has 2 aromatic rings. The molecule has 1 aliphatic heterocycles. The van der Waals surface area contributed by atoms with Crippen molar-refractivity contribution in [3.8, 4) is 0 Å². The van der Waals surface area contributed by atoms with E-state index in [1.54, 1.807) is 12.3 Å². The molecule has 0 radical (unpaired) electrons. The second kappa shape index (κ2) is 9.21. The number of piperazine rings is 1. The molecule has 0 bridgehead atoms. The molecule has 0 aromatic carbocycles. The molecule has 0 atom stereocenters. The predicted octanol–water partition coefficient (Wildman–Crippen LogP) is -0.181. The van der Waals surface area contributed by atoms with Crippen molar-refractivity contribution in [2.75, 3.05) is 57.1 Å². The number of halogens is 1. The summed E-state index contributed by atoms with van der Waals surface area (Å²) in [6, 6.07) is 3.64. The summed E-state index contributed by atoms with van der Waals surface area (Å²) in [5.41, 5.74) is 4.34. The van der Waals surface area contributed by atoms with E-state index in [1.165, 1.54) is 7.11 Å². The number of aromatic nitrogens is 3. The Hall–Kier alpha value is -2.69. The van der Waals surface area contributed by atoms with Crippen molar-refractivity contribution in [2.24, 2.45) is 0 Å². The summed E-state index contributed by atoms with van der Waals surface area (Å²) in [6.45, 7) is 3.02. The first-order valence-corrected chi connectivity index (χ1v) is 9.52. The number of carbonyl (C=O) groups is 1. The van der Waals surface area contributed by atoms with Crippen molar-refractivity contribution in [3.05, 3.63) is 49.8 Å². The van der Waals surface area contributed by atoms with Gasteiger partial charge in [-0.05, 0) is 12.1 Å². The van der Waals surface area contributed by atoms with Crippen molar-refractivity contribution in [3.63, 3.8) is 0 Å². The predicted molar refractivity (Wildman–Crippen MR) is 110 cm³/mol. The maximum atomic E-state index is 12.8. The zero-order valence-electron chi connectivity index (χ0n) is 16.1. The highest BCUT2D eigenvalue weighted by atomic mass is 35.5. The number of rotatable bonds is 7. The van der Waals surface area contributed by atoms with Gasteiger partial charge in [-0.1, -0.05) is 11.6 Å². The largest absolute Gasteiger partial charge is 0.384 e. The maximum absolute atomic E-state index is 12.8. The molecular weight excluding hydrogens is 400 g/mol. The van der Waals surface area contributed by atoms with Gasteiger partial charge in [0.15, 0.2) is 5.78 Å². The minimum absolute atomic E-state index is 0.0393. The zero-order chi connectivity index (χ0) is 21.0. The third-order valence-corrected chi connectivity index (χ3v) is 5.04. The van der Waals surface area contributed by atoms with Crippen LogP contribution in [-0.2, 0) is 11.3 Å². The number of Topliss-reactive ketones (excluding diaryl/α,β-unsaturated/α-hetero) is 1. The Kier molecular flexibility index (Phi) is 6.68. The van der Waals surface area contributed by atoms with Crippen LogP contribution in [0, 0.1) is 0 Å². The van der Waals surface area contributed by atoms with Crippen LogP contribution in [0.1, 0.15) is 10.4 Å². The van der Waals surface area contributed by atoms with E-state index in [4.69, 9.17) is 22.1 Å². The fourth-order valence-corrected chi connectivity index (χ4v) is 3.35. The Balaban J connectivity index is 1.67. The number of nitrogen functional groups attached to an aromatic ring is 1. The van der Waals surface area contributed by atoms with Crippen LogP contribution >= 0.6 is 11.6 Å². The summed E-state index contributed by atoms with van der Waals surface area (Å²) in [5, 5.41) is 0.577. The molecule has 0 amide bonds. The van der Waals surface area contributed by atoms with Crippen molar-refractivity contribution in [2.45, 2.75) is 6.54 Å². The molecule has 1 saturated heterocycles. The number of ketones is 1. The molecule has 10 nitrogen and oxygen atoms in total. The van der Waals surface area contributed by atoms with E-state index >= 15 is 0 Å². The number of nitrogens with zero attached hydrogens (tertiary/aromatic N) is 4. The third-order valence-electron chi connectivity index (χ3n) is 4.81. The number of carbonyl (C=O) groups excluding carboxylic acids is 1. The van der Waals surface area contributed by atoms with E-state index in [-0.39, 0.29) is 31.1 Å². The highest BCUT2D eigenvalue weighted by molar-refractivity contribution is 6.30. The maximum Gasteiger partial charge on any atom is 0.330 e. The smallest absolute Gasteiger partial charge is 0.330 e. The van der Waals surface area contributed by atoms with Gasteiger partial charge in [0.2, 0.25) is 0 Å². The number of hydrogen-bond acceptors (Lipinski definition) is 8. The summed E-state index contributed by atoms with van der Waals surface area (Å²) in [7, 11) is 1.48. The van der Waals surface area contributed by atoms with Crippen molar-refractivity contribution >= 4 is 29.0 Å². The Morgan fingerprint density at radius 3 is 2.62 bits per heavy atom. The molecule has 156 valence electrons. The summed E-state index contributed by atoms with van der Waals surface area (Å²) >= 11 is 5.87. The topological polar surface area (TPSA) is 127 Å². The minimum atomic E-state index is -0.768. The molecule has 3 rings (SSSR count). The van der Waals surface area contributed by atoms with Crippen molar-refractivity contribution in [1.82, 2.24) is 19.4 Å². The third kappa shape index (κ3) is 4.84. The molecule has 3 N–H and O–H groups in total. The zero-order valence-corrected chi connectivity index (χ0v) is 16.8. The summed E-state index contributed by atoms with van der Waals surface area (Å²) in [5.74, 6) is 0.268.